The Morgan fingerprint density at radius 2 is 1.96 bits per heavy atom. The van der Waals surface area contributed by atoms with Crippen LogP contribution in [0.1, 0.15) is 35.6 Å². The quantitative estimate of drug-likeness (QED) is 0.767. The van der Waals surface area contributed by atoms with Gasteiger partial charge in [0.25, 0.3) is 6.02 Å². The molecule has 2 heterocycles. The van der Waals surface area contributed by atoms with E-state index in [9.17, 15) is 4.39 Å². The molecule has 5 heteroatoms. The van der Waals surface area contributed by atoms with Crippen molar-refractivity contribution in [1.29, 1.82) is 0 Å². The van der Waals surface area contributed by atoms with E-state index in [2.05, 4.69) is 35.0 Å². The lowest BCUT2D eigenvalue weighted by Crippen LogP contribution is -2.43. The van der Waals surface area contributed by atoms with Crippen molar-refractivity contribution in [3.63, 3.8) is 0 Å². The highest BCUT2D eigenvalue weighted by atomic mass is 19.1. The largest absolute Gasteiger partial charge is 0.449 e. The van der Waals surface area contributed by atoms with Crippen LogP contribution in [0.4, 0.5) is 4.39 Å². The fourth-order valence-corrected chi connectivity index (χ4v) is 3.93. The first-order chi connectivity index (χ1) is 13.2. The molecule has 0 aromatic heterocycles. The van der Waals surface area contributed by atoms with Gasteiger partial charge >= 0.3 is 0 Å². The summed E-state index contributed by atoms with van der Waals surface area (Å²) in [6.45, 7) is 3.10. The summed E-state index contributed by atoms with van der Waals surface area (Å²) in [7, 11) is 2.07. The molecule has 2 aliphatic rings. The number of fused-ring (bicyclic) bond motifs is 1. The van der Waals surface area contributed by atoms with Crippen molar-refractivity contribution >= 4 is 6.02 Å². The van der Waals surface area contributed by atoms with Crippen molar-refractivity contribution < 1.29 is 9.13 Å². The van der Waals surface area contributed by atoms with E-state index in [4.69, 9.17) is 9.73 Å². The SMILES string of the molecule is CN1CCCCN=C(N2CCc3ccccc3[C@@H]2c2cccc(F)c2)OC1. The number of nitrogens with zero attached hydrogens (tertiary/aromatic N) is 3. The molecule has 0 spiro atoms. The third kappa shape index (κ3) is 3.98. The van der Waals surface area contributed by atoms with E-state index in [-0.39, 0.29) is 11.9 Å². The number of rotatable bonds is 1. The number of ether oxygens (including phenoxy) is 1. The summed E-state index contributed by atoms with van der Waals surface area (Å²) in [6, 6.07) is 15.9. The predicted octanol–water partition coefficient (Wildman–Crippen LogP) is 3.83. The van der Waals surface area contributed by atoms with Gasteiger partial charge in [-0.1, -0.05) is 36.4 Å². The van der Waals surface area contributed by atoms with E-state index in [0.717, 1.165) is 44.5 Å². The Bertz CT molecular complexity index is 823. The van der Waals surface area contributed by atoms with Gasteiger partial charge in [-0.15, -0.1) is 0 Å². The van der Waals surface area contributed by atoms with Crippen LogP contribution in [-0.4, -0.2) is 49.2 Å². The Morgan fingerprint density at radius 1 is 1.07 bits per heavy atom. The Labute approximate surface area is 160 Å². The van der Waals surface area contributed by atoms with Crippen LogP contribution in [0.15, 0.2) is 53.5 Å². The van der Waals surface area contributed by atoms with Gasteiger partial charge in [-0.05, 0) is 55.1 Å². The summed E-state index contributed by atoms with van der Waals surface area (Å²) in [5.41, 5.74) is 3.44. The second-order valence-electron chi connectivity index (χ2n) is 7.32. The summed E-state index contributed by atoms with van der Waals surface area (Å²) in [5.74, 6) is -0.215. The summed E-state index contributed by atoms with van der Waals surface area (Å²) in [4.78, 5) is 9.15. The molecule has 2 aromatic carbocycles. The molecule has 0 aliphatic carbocycles. The molecule has 0 amide bonds. The van der Waals surface area contributed by atoms with E-state index in [1.54, 1.807) is 12.1 Å². The number of benzene rings is 2. The fourth-order valence-electron chi connectivity index (χ4n) is 3.93. The number of hydrogen-bond donors (Lipinski definition) is 0. The Morgan fingerprint density at radius 3 is 2.85 bits per heavy atom. The van der Waals surface area contributed by atoms with Gasteiger partial charge in [0.1, 0.15) is 12.5 Å². The Kier molecular flexibility index (Phi) is 5.39. The zero-order valence-electron chi connectivity index (χ0n) is 15.8. The van der Waals surface area contributed by atoms with Gasteiger partial charge in [0.2, 0.25) is 0 Å². The van der Waals surface area contributed by atoms with Crippen molar-refractivity contribution in [1.82, 2.24) is 9.80 Å². The van der Waals surface area contributed by atoms with Crippen LogP contribution in [0.2, 0.25) is 0 Å². The zero-order chi connectivity index (χ0) is 18.6. The molecule has 0 unspecified atom stereocenters. The van der Waals surface area contributed by atoms with Gasteiger partial charge in [0, 0.05) is 19.6 Å². The van der Waals surface area contributed by atoms with E-state index >= 15 is 0 Å². The van der Waals surface area contributed by atoms with Crippen LogP contribution < -0.4 is 0 Å². The lowest BCUT2D eigenvalue weighted by atomic mass is 9.88. The molecule has 1 atom stereocenters. The van der Waals surface area contributed by atoms with Gasteiger partial charge in [-0.25, -0.2) is 9.38 Å². The fraction of sp³-hybridized carbons (Fsp3) is 0.409. The monoisotopic (exact) mass is 367 g/mol. The smallest absolute Gasteiger partial charge is 0.289 e. The number of aliphatic imine (C=N–C) groups is 1. The number of amidine groups is 1. The molecule has 0 fully saturated rings. The topological polar surface area (TPSA) is 28.1 Å². The van der Waals surface area contributed by atoms with Crippen LogP contribution in [0.5, 0.6) is 0 Å². The third-order valence-corrected chi connectivity index (χ3v) is 5.30. The lowest BCUT2D eigenvalue weighted by molar-refractivity contribution is 0.112. The van der Waals surface area contributed by atoms with Gasteiger partial charge in [-0.2, -0.15) is 0 Å². The van der Waals surface area contributed by atoms with Gasteiger partial charge in [0.15, 0.2) is 0 Å². The first-order valence-electron chi connectivity index (χ1n) is 9.68. The molecular formula is C22H26FN3O. The van der Waals surface area contributed by atoms with Gasteiger partial charge in [0.05, 0.1) is 6.04 Å². The summed E-state index contributed by atoms with van der Waals surface area (Å²) in [5, 5.41) is 0. The van der Waals surface area contributed by atoms with Gasteiger partial charge < -0.3 is 9.64 Å². The Hall–Kier alpha value is -2.40. The minimum atomic E-state index is -0.215. The van der Waals surface area contributed by atoms with Crippen molar-refractivity contribution in [3.05, 3.63) is 71.0 Å². The van der Waals surface area contributed by atoms with E-state index in [1.807, 2.05) is 12.1 Å². The molecule has 0 N–H and O–H groups in total. The summed E-state index contributed by atoms with van der Waals surface area (Å²) < 4.78 is 20.1. The molecular weight excluding hydrogens is 341 g/mol. The molecule has 0 saturated carbocycles. The lowest BCUT2D eigenvalue weighted by Gasteiger charge is -2.39. The van der Waals surface area contributed by atoms with E-state index < -0.39 is 0 Å². The minimum Gasteiger partial charge on any atom is -0.449 e. The van der Waals surface area contributed by atoms with Crippen molar-refractivity contribution in [2.75, 3.05) is 33.4 Å². The first kappa shape index (κ1) is 18.0. The molecule has 0 bridgehead atoms. The number of halogens is 1. The van der Waals surface area contributed by atoms with Crippen molar-refractivity contribution in [2.24, 2.45) is 4.99 Å². The number of hydrogen-bond acceptors (Lipinski definition) is 4. The van der Waals surface area contributed by atoms with Crippen LogP contribution in [0.25, 0.3) is 0 Å². The second-order valence-corrected chi connectivity index (χ2v) is 7.32. The van der Waals surface area contributed by atoms with E-state index in [0.29, 0.717) is 12.8 Å². The van der Waals surface area contributed by atoms with Crippen LogP contribution in [0, 0.1) is 5.82 Å². The third-order valence-electron chi connectivity index (χ3n) is 5.30. The van der Waals surface area contributed by atoms with E-state index in [1.165, 1.54) is 17.2 Å². The highest BCUT2D eigenvalue weighted by molar-refractivity contribution is 5.75. The second kappa shape index (κ2) is 8.09. The minimum absolute atomic E-state index is 0.0875. The van der Waals surface area contributed by atoms with Crippen LogP contribution >= 0.6 is 0 Å². The molecule has 0 saturated heterocycles. The molecule has 142 valence electrons. The zero-order valence-corrected chi connectivity index (χ0v) is 15.8. The van der Waals surface area contributed by atoms with Crippen LogP contribution in [0.3, 0.4) is 0 Å². The standard InChI is InChI=1S/C22H26FN3O/c1-25-13-5-4-12-24-22(27-16-25)26-14-11-17-7-2-3-10-20(17)21(26)18-8-6-9-19(23)15-18/h2-3,6-10,15,21H,4-5,11-14,16H2,1H3/t21-/m0/s1. The maximum absolute atomic E-state index is 14.0. The summed E-state index contributed by atoms with van der Waals surface area (Å²) in [6.07, 6.45) is 3.10. The maximum atomic E-state index is 14.0. The average Bonchev–Trinajstić information content (AvgIpc) is 2.79. The molecule has 2 aromatic rings. The molecule has 27 heavy (non-hydrogen) atoms. The molecule has 2 aliphatic heterocycles. The van der Waals surface area contributed by atoms with Gasteiger partial charge in [-0.3, -0.25) is 4.90 Å². The predicted molar refractivity (Wildman–Crippen MR) is 105 cm³/mol. The first-order valence-corrected chi connectivity index (χ1v) is 9.68. The van der Waals surface area contributed by atoms with Crippen molar-refractivity contribution in [2.45, 2.75) is 25.3 Å². The summed E-state index contributed by atoms with van der Waals surface area (Å²) >= 11 is 0. The highest BCUT2D eigenvalue weighted by Crippen LogP contribution is 2.35. The van der Waals surface area contributed by atoms with Crippen LogP contribution in [-0.2, 0) is 11.2 Å². The Balaban J connectivity index is 1.74. The highest BCUT2D eigenvalue weighted by Gasteiger charge is 2.32. The maximum Gasteiger partial charge on any atom is 0.289 e. The average molecular weight is 367 g/mol. The van der Waals surface area contributed by atoms with Crippen molar-refractivity contribution in [3.8, 4) is 0 Å². The molecule has 4 rings (SSSR count). The molecule has 0 radical (unpaired) electrons. The normalized spacial score (nSPS) is 21.3. The molecule has 4 nitrogen and oxygen atoms in total.